The van der Waals surface area contributed by atoms with Gasteiger partial charge in [-0.2, -0.15) is 4.98 Å². The first kappa shape index (κ1) is 18.3. The summed E-state index contributed by atoms with van der Waals surface area (Å²) in [6, 6.07) is 10.8. The van der Waals surface area contributed by atoms with Gasteiger partial charge >= 0.3 is 0 Å². The lowest BCUT2D eigenvalue weighted by Crippen LogP contribution is -2.52. The molecule has 0 saturated carbocycles. The molecule has 2 aliphatic rings. The Morgan fingerprint density at radius 1 is 0.967 bits per heavy atom. The van der Waals surface area contributed by atoms with Crippen LogP contribution in [0.5, 0.6) is 0 Å². The van der Waals surface area contributed by atoms with Gasteiger partial charge in [0.25, 0.3) is 17.8 Å². The average molecular weight is 405 g/mol. The number of imide groups is 1. The Morgan fingerprint density at radius 3 is 2.30 bits per heavy atom. The number of nitrogens with zero attached hydrogens (tertiary/aromatic N) is 5. The molecule has 0 unspecified atom stereocenters. The number of pyridine rings is 1. The van der Waals surface area contributed by atoms with Gasteiger partial charge in [0.05, 0.1) is 11.1 Å². The molecule has 3 amide bonds. The van der Waals surface area contributed by atoms with Crippen LogP contribution < -0.4 is 4.90 Å². The molecule has 9 nitrogen and oxygen atoms in total. The number of amides is 3. The summed E-state index contributed by atoms with van der Waals surface area (Å²) in [6.45, 7) is 3.63. The van der Waals surface area contributed by atoms with Crippen molar-refractivity contribution in [2.45, 2.75) is 6.92 Å². The summed E-state index contributed by atoms with van der Waals surface area (Å²) in [7, 11) is 0. The van der Waals surface area contributed by atoms with Crippen LogP contribution in [0.1, 0.15) is 26.4 Å². The van der Waals surface area contributed by atoms with Crippen LogP contribution in [-0.2, 0) is 4.79 Å². The summed E-state index contributed by atoms with van der Waals surface area (Å²) in [5, 5.41) is 0. The number of benzene rings is 1. The summed E-state index contributed by atoms with van der Waals surface area (Å²) in [5.41, 5.74) is 2.75. The second-order valence-electron chi connectivity index (χ2n) is 7.38. The Balaban J connectivity index is 1.23. The van der Waals surface area contributed by atoms with Gasteiger partial charge in [-0.25, -0.2) is 4.98 Å². The molecule has 9 heteroatoms. The molecular formula is C21H19N5O4. The van der Waals surface area contributed by atoms with Crippen LogP contribution in [0, 0.1) is 6.92 Å². The Kier molecular flexibility index (Phi) is 4.23. The Morgan fingerprint density at radius 2 is 1.63 bits per heavy atom. The normalized spacial score (nSPS) is 16.5. The molecule has 0 bridgehead atoms. The second-order valence-corrected chi connectivity index (χ2v) is 7.38. The highest BCUT2D eigenvalue weighted by atomic mass is 16.4. The zero-order chi connectivity index (χ0) is 20.8. The van der Waals surface area contributed by atoms with E-state index in [0.29, 0.717) is 54.6 Å². The molecule has 3 aromatic rings. The highest BCUT2D eigenvalue weighted by Crippen LogP contribution is 2.24. The molecule has 4 heterocycles. The van der Waals surface area contributed by atoms with Crippen LogP contribution in [0.3, 0.4) is 0 Å². The SMILES string of the molecule is Cc1ccc2oc(N3CCN(C(=O)CN4C(=O)c5ccccc5C4=O)CC3)nc2n1. The fraction of sp³-hybridized carbons (Fsp3) is 0.286. The number of aryl methyl sites for hydroxylation is 1. The molecule has 30 heavy (non-hydrogen) atoms. The molecule has 0 aliphatic carbocycles. The number of anilines is 1. The summed E-state index contributed by atoms with van der Waals surface area (Å²) in [4.78, 5) is 51.1. The van der Waals surface area contributed by atoms with Crippen LogP contribution >= 0.6 is 0 Å². The molecule has 2 aromatic heterocycles. The molecule has 152 valence electrons. The van der Waals surface area contributed by atoms with E-state index >= 15 is 0 Å². The van der Waals surface area contributed by atoms with Gasteiger partial charge in [0.2, 0.25) is 11.6 Å². The van der Waals surface area contributed by atoms with Crippen molar-refractivity contribution in [1.82, 2.24) is 19.8 Å². The largest absolute Gasteiger partial charge is 0.422 e. The van der Waals surface area contributed by atoms with Crippen molar-refractivity contribution >= 4 is 35.0 Å². The monoisotopic (exact) mass is 405 g/mol. The van der Waals surface area contributed by atoms with E-state index in [2.05, 4.69) is 9.97 Å². The third-order valence-corrected chi connectivity index (χ3v) is 5.46. The highest BCUT2D eigenvalue weighted by Gasteiger charge is 2.37. The molecule has 1 fully saturated rings. The number of aromatic nitrogens is 2. The molecule has 0 N–H and O–H groups in total. The van der Waals surface area contributed by atoms with Gasteiger partial charge in [-0.05, 0) is 31.2 Å². The predicted octanol–water partition coefficient (Wildman–Crippen LogP) is 1.48. The quantitative estimate of drug-likeness (QED) is 0.609. The van der Waals surface area contributed by atoms with E-state index in [9.17, 15) is 14.4 Å². The number of fused-ring (bicyclic) bond motifs is 2. The van der Waals surface area contributed by atoms with E-state index in [-0.39, 0.29) is 12.5 Å². The van der Waals surface area contributed by atoms with E-state index in [1.54, 1.807) is 29.2 Å². The van der Waals surface area contributed by atoms with E-state index in [4.69, 9.17) is 4.42 Å². The number of hydrogen-bond acceptors (Lipinski definition) is 7. The first-order valence-electron chi connectivity index (χ1n) is 9.73. The molecule has 2 aliphatic heterocycles. The van der Waals surface area contributed by atoms with Crippen molar-refractivity contribution in [2.75, 3.05) is 37.6 Å². The lowest BCUT2D eigenvalue weighted by atomic mass is 10.1. The van der Waals surface area contributed by atoms with E-state index in [1.807, 2.05) is 24.0 Å². The maximum Gasteiger partial charge on any atom is 0.300 e. The Hall–Kier alpha value is -3.75. The summed E-state index contributed by atoms with van der Waals surface area (Å²) in [5.74, 6) is -1.09. The van der Waals surface area contributed by atoms with Crippen LogP contribution in [0.25, 0.3) is 11.2 Å². The van der Waals surface area contributed by atoms with Crippen molar-refractivity contribution < 1.29 is 18.8 Å². The van der Waals surface area contributed by atoms with E-state index in [0.717, 1.165) is 10.6 Å². The number of carbonyl (C=O) groups excluding carboxylic acids is 3. The summed E-state index contributed by atoms with van der Waals surface area (Å²) >= 11 is 0. The zero-order valence-corrected chi connectivity index (χ0v) is 16.4. The van der Waals surface area contributed by atoms with Gasteiger partial charge in [-0.15, -0.1) is 0 Å². The Bertz CT molecular complexity index is 1140. The number of hydrogen-bond donors (Lipinski definition) is 0. The van der Waals surface area contributed by atoms with Crippen molar-refractivity contribution in [3.05, 3.63) is 53.2 Å². The van der Waals surface area contributed by atoms with E-state index < -0.39 is 11.8 Å². The van der Waals surface area contributed by atoms with Gasteiger partial charge in [0.1, 0.15) is 6.54 Å². The van der Waals surface area contributed by atoms with E-state index in [1.165, 1.54) is 0 Å². The first-order valence-corrected chi connectivity index (χ1v) is 9.73. The molecular weight excluding hydrogens is 386 g/mol. The third kappa shape index (κ3) is 2.99. The minimum atomic E-state index is -0.420. The maximum absolute atomic E-state index is 12.7. The van der Waals surface area contributed by atoms with Crippen molar-refractivity contribution in [3.63, 3.8) is 0 Å². The number of rotatable bonds is 3. The first-order chi connectivity index (χ1) is 14.5. The molecule has 1 saturated heterocycles. The van der Waals surface area contributed by atoms with Gasteiger partial charge in [0, 0.05) is 31.9 Å². The molecule has 1 aromatic carbocycles. The van der Waals surface area contributed by atoms with Crippen molar-refractivity contribution in [2.24, 2.45) is 0 Å². The fourth-order valence-electron chi connectivity index (χ4n) is 3.80. The number of carbonyl (C=O) groups is 3. The minimum absolute atomic E-state index is 0.251. The smallest absolute Gasteiger partial charge is 0.300 e. The fourth-order valence-corrected chi connectivity index (χ4v) is 3.80. The molecule has 0 atom stereocenters. The highest BCUT2D eigenvalue weighted by molar-refractivity contribution is 6.22. The van der Waals surface area contributed by atoms with Gasteiger partial charge in [0.15, 0.2) is 5.58 Å². The molecule has 0 spiro atoms. The van der Waals surface area contributed by atoms with Crippen LogP contribution in [0.15, 0.2) is 40.8 Å². The van der Waals surface area contributed by atoms with Crippen molar-refractivity contribution in [3.8, 4) is 0 Å². The topological polar surface area (TPSA) is 99.9 Å². The molecule has 5 rings (SSSR count). The zero-order valence-electron chi connectivity index (χ0n) is 16.4. The predicted molar refractivity (Wildman–Crippen MR) is 107 cm³/mol. The summed E-state index contributed by atoms with van der Waals surface area (Å²) in [6.07, 6.45) is 0. The van der Waals surface area contributed by atoms with Crippen molar-refractivity contribution in [1.29, 1.82) is 0 Å². The van der Waals surface area contributed by atoms with Gasteiger partial charge < -0.3 is 14.2 Å². The second kappa shape index (κ2) is 6.94. The number of oxazole rings is 1. The average Bonchev–Trinajstić information content (AvgIpc) is 3.28. The van der Waals surface area contributed by atoms with Crippen LogP contribution in [-0.4, -0.2) is 70.2 Å². The molecule has 0 radical (unpaired) electrons. The van der Waals surface area contributed by atoms with Gasteiger partial charge in [-0.3, -0.25) is 19.3 Å². The third-order valence-electron chi connectivity index (χ3n) is 5.46. The van der Waals surface area contributed by atoms with Crippen LogP contribution in [0.2, 0.25) is 0 Å². The summed E-state index contributed by atoms with van der Waals surface area (Å²) < 4.78 is 5.78. The Labute approximate surface area is 171 Å². The van der Waals surface area contributed by atoms with Crippen LogP contribution in [0.4, 0.5) is 6.01 Å². The maximum atomic E-state index is 12.7. The minimum Gasteiger partial charge on any atom is -0.422 e. The standard InChI is InChI=1S/C21H19N5O4/c1-13-6-7-16-18(22-13)23-21(30-16)25-10-8-24(9-11-25)17(27)12-26-19(28)14-4-2-3-5-15(14)20(26)29/h2-7H,8-12H2,1H3. The van der Waals surface area contributed by atoms with Gasteiger partial charge in [-0.1, -0.05) is 12.1 Å². The number of piperazine rings is 1. The lowest BCUT2D eigenvalue weighted by molar-refractivity contribution is -0.131. The lowest BCUT2D eigenvalue weighted by Gasteiger charge is -2.34.